The SMILES string of the molecule is Cn1nnnc1SCc1cccc(N)c1C(=O)O. The molecule has 7 nitrogen and oxygen atoms in total. The smallest absolute Gasteiger partial charge is 0.338 e. The molecule has 0 saturated carbocycles. The number of tetrazole rings is 1. The van der Waals surface area contributed by atoms with Crippen LogP contribution >= 0.6 is 11.8 Å². The summed E-state index contributed by atoms with van der Waals surface area (Å²) in [5.41, 5.74) is 6.71. The Morgan fingerprint density at radius 3 is 2.94 bits per heavy atom. The number of hydrogen-bond acceptors (Lipinski definition) is 6. The summed E-state index contributed by atoms with van der Waals surface area (Å²) in [5, 5.41) is 20.8. The minimum Gasteiger partial charge on any atom is -0.478 e. The second-order valence-corrected chi connectivity index (χ2v) is 4.50. The zero-order valence-electron chi connectivity index (χ0n) is 9.57. The second-order valence-electron chi connectivity index (χ2n) is 3.56. The van der Waals surface area contributed by atoms with Gasteiger partial charge in [0.05, 0.1) is 5.56 Å². The first-order valence-electron chi connectivity index (χ1n) is 5.05. The van der Waals surface area contributed by atoms with Crippen LogP contribution in [0.1, 0.15) is 15.9 Å². The molecule has 18 heavy (non-hydrogen) atoms. The number of carboxylic acids is 1. The molecule has 0 spiro atoms. The van der Waals surface area contributed by atoms with Gasteiger partial charge in [0.2, 0.25) is 5.16 Å². The summed E-state index contributed by atoms with van der Waals surface area (Å²) in [4.78, 5) is 11.1. The highest BCUT2D eigenvalue weighted by molar-refractivity contribution is 7.98. The van der Waals surface area contributed by atoms with Gasteiger partial charge in [-0.3, -0.25) is 0 Å². The van der Waals surface area contributed by atoms with E-state index in [4.69, 9.17) is 10.8 Å². The zero-order valence-corrected chi connectivity index (χ0v) is 10.4. The molecule has 8 heteroatoms. The molecule has 1 aromatic carbocycles. The van der Waals surface area contributed by atoms with Crippen LogP contribution < -0.4 is 5.73 Å². The third-order valence-corrected chi connectivity index (χ3v) is 3.39. The molecule has 0 fully saturated rings. The van der Waals surface area contributed by atoms with Gasteiger partial charge in [0.15, 0.2) is 0 Å². The molecule has 94 valence electrons. The normalized spacial score (nSPS) is 10.5. The zero-order chi connectivity index (χ0) is 13.1. The van der Waals surface area contributed by atoms with E-state index in [2.05, 4.69) is 15.5 Å². The standard InChI is InChI=1S/C10H11N5O2S/c1-15-10(12-13-14-15)18-5-6-3-2-4-7(11)8(6)9(16)17/h2-4H,5,11H2,1H3,(H,16,17). The number of hydrogen-bond donors (Lipinski definition) is 2. The summed E-state index contributed by atoms with van der Waals surface area (Å²) >= 11 is 1.36. The van der Waals surface area contributed by atoms with Gasteiger partial charge in [-0.25, -0.2) is 9.48 Å². The quantitative estimate of drug-likeness (QED) is 0.621. The average molecular weight is 265 g/mol. The van der Waals surface area contributed by atoms with E-state index >= 15 is 0 Å². The highest BCUT2D eigenvalue weighted by Gasteiger charge is 2.14. The van der Waals surface area contributed by atoms with Crippen molar-refractivity contribution in [2.75, 3.05) is 5.73 Å². The van der Waals surface area contributed by atoms with Gasteiger partial charge in [-0.2, -0.15) is 0 Å². The van der Waals surface area contributed by atoms with Crippen LogP contribution in [0.5, 0.6) is 0 Å². The monoisotopic (exact) mass is 265 g/mol. The lowest BCUT2D eigenvalue weighted by molar-refractivity contribution is 0.0697. The largest absolute Gasteiger partial charge is 0.478 e. The number of rotatable bonds is 4. The maximum absolute atomic E-state index is 11.1. The maximum atomic E-state index is 11.1. The number of carbonyl (C=O) groups is 1. The van der Waals surface area contributed by atoms with Gasteiger partial charge in [-0.05, 0) is 22.1 Å². The van der Waals surface area contributed by atoms with Crippen molar-refractivity contribution < 1.29 is 9.90 Å². The number of aromatic carboxylic acids is 1. The summed E-state index contributed by atoms with van der Waals surface area (Å²) in [5.74, 6) is -0.583. The van der Waals surface area contributed by atoms with E-state index in [1.165, 1.54) is 16.4 Å². The van der Waals surface area contributed by atoms with E-state index < -0.39 is 5.97 Å². The topological polar surface area (TPSA) is 107 Å². The fourth-order valence-electron chi connectivity index (χ4n) is 1.49. The van der Waals surface area contributed by atoms with Crippen LogP contribution in [0.3, 0.4) is 0 Å². The summed E-state index contributed by atoms with van der Waals surface area (Å²) < 4.78 is 1.53. The van der Waals surface area contributed by atoms with E-state index in [9.17, 15) is 4.79 Å². The molecule has 1 heterocycles. The second kappa shape index (κ2) is 5.05. The number of thioether (sulfide) groups is 1. The first-order chi connectivity index (χ1) is 8.59. The van der Waals surface area contributed by atoms with E-state index in [0.717, 1.165) is 0 Å². The molecule has 2 aromatic rings. The van der Waals surface area contributed by atoms with Gasteiger partial charge in [-0.1, -0.05) is 23.9 Å². The van der Waals surface area contributed by atoms with Gasteiger partial charge < -0.3 is 10.8 Å². The Labute approximate surface area is 107 Å². The summed E-state index contributed by atoms with van der Waals surface area (Å²) in [6, 6.07) is 5.03. The highest BCUT2D eigenvalue weighted by atomic mass is 32.2. The minimum absolute atomic E-state index is 0.139. The number of nitrogen functional groups attached to an aromatic ring is 1. The third-order valence-electron chi connectivity index (χ3n) is 2.33. The molecule has 3 N–H and O–H groups in total. The molecule has 2 rings (SSSR count). The Kier molecular flexibility index (Phi) is 3.47. The molecule has 0 atom stereocenters. The van der Waals surface area contributed by atoms with Crippen LogP contribution in [0.4, 0.5) is 5.69 Å². The van der Waals surface area contributed by atoms with Crippen molar-refractivity contribution in [3.63, 3.8) is 0 Å². The van der Waals surface area contributed by atoms with Crippen molar-refractivity contribution in [3.8, 4) is 0 Å². The summed E-state index contributed by atoms with van der Waals surface area (Å²) in [6.07, 6.45) is 0. The molecule has 0 radical (unpaired) electrons. The van der Waals surface area contributed by atoms with Crippen molar-refractivity contribution in [3.05, 3.63) is 29.3 Å². The molecule has 0 unspecified atom stereocenters. The van der Waals surface area contributed by atoms with Crippen LogP contribution in [0.25, 0.3) is 0 Å². The van der Waals surface area contributed by atoms with Crippen LogP contribution in [0, 0.1) is 0 Å². The number of benzene rings is 1. The number of carboxylic acid groups (broad SMARTS) is 1. The van der Waals surface area contributed by atoms with E-state index in [1.807, 2.05) is 0 Å². The molecule has 0 aliphatic rings. The van der Waals surface area contributed by atoms with Crippen molar-refractivity contribution in [1.29, 1.82) is 0 Å². The first kappa shape index (κ1) is 12.4. The number of anilines is 1. The summed E-state index contributed by atoms with van der Waals surface area (Å²) in [7, 11) is 1.72. The Morgan fingerprint density at radius 1 is 1.56 bits per heavy atom. The summed E-state index contributed by atoms with van der Waals surface area (Å²) in [6.45, 7) is 0. The Balaban J connectivity index is 2.22. The molecular formula is C10H11N5O2S. The number of nitrogens with two attached hydrogens (primary N) is 1. The number of aryl methyl sites for hydroxylation is 1. The molecule has 1 aromatic heterocycles. The number of aromatic nitrogens is 4. The van der Waals surface area contributed by atoms with Gasteiger partial charge in [-0.15, -0.1) is 5.10 Å². The molecule has 0 saturated heterocycles. The van der Waals surface area contributed by atoms with Crippen LogP contribution in [-0.2, 0) is 12.8 Å². The Bertz CT molecular complexity index is 583. The van der Waals surface area contributed by atoms with Crippen LogP contribution in [0.2, 0.25) is 0 Å². The molecular weight excluding hydrogens is 254 g/mol. The van der Waals surface area contributed by atoms with Crippen molar-refractivity contribution in [1.82, 2.24) is 20.2 Å². The molecule has 0 bridgehead atoms. The third kappa shape index (κ3) is 2.43. The fraction of sp³-hybridized carbons (Fsp3) is 0.200. The minimum atomic E-state index is -1.03. The van der Waals surface area contributed by atoms with Crippen molar-refractivity contribution in [2.45, 2.75) is 10.9 Å². The molecule has 0 amide bonds. The lowest BCUT2D eigenvalue weighted by Crippen LogP contribution is -2.06. The van der Waals surface area contributed by atoms with E-state index in [-0.39, 0.29) is 11.3 Å². The fourth-order valence-corrected chi connectivity index (χ4v) is 2.33. The van der Waals surface area contributed by atoms with Crippen LogP contribution in [0.15, 0.2) is 23.4 Å². The lowest BCUT2D eigenvalue weighted by atomic mass is 10.1. The average Bonchev–Trinajstić information content (AvgIpc) is 2.71. The molecule has 0 aliphatic carbocycles. The lowest BCUT2D eigenvalue weighted by Gasteiger charge is -2.07. The Morgan fingerprint density at radius 2 is 2.33 bits per heavy atom. The number of nitrogens with zero attached hydrogens (tertiary/aromatic N) is 4. The van der Waals surface area contributed by atoms with E-state index in [0.29, 0.717) is 16.5 Å². The van der Waals surface area contributed by atoms with E-state index in [1.54, 1.807) is 25.2 Å². The first-order valence-corrected chi connectivity index (χ1v) is 6.04. The highest BCUT2D eigenvalue weighted by Crippen LogP contribution is 2.24. The maximum Gasteiger partial charge on any atom is 0.338 e. The van der Waals surface area contributed by atoms with Gasteiger partial charge >= 0.3 is 5.97 Å². The van der Waals surface area contributed by atoms with Gasteiger partial charge in [0.1, 0.15) is 0 Å². The van der Waals surface area contributed by atoms with Gasteiger partial charge in [0, 0.05) is 18.5 Å². The predicted octanol–water partition coefficient (Wildman–Crippen LogP) is 0.783. The van der Waals surface area contributed by atoms with Crippen LogP contribution in [-0.4, -0.2) is 31.3 Å². The van der Waals surface area contributed by atoms with Crippen molar-refractivity contribution in [2.24, 2.45) is 7.05 Å². The van der Waals surface area contributed by atoms with Crippen molar-refractivity contribution >= 4 is 23.4 Å². The predicted molar refractivity (Wildman–Crippen MR) is 66.2 cm³/mol. The Hall–Kier alpha value is -2.09. The van der Waals surface area contributed by atoms with Gasteiger partial charge in [0.25, 0.3) is 0 Å². The molecule has 0 aliphatic heterocycles.